The topological polar surface area (TPSA) is 85.5 Å². The molecule has 1 aromatic heterocycles. The van der Waals surface area contributed by atoms with E-state index in [1.54, 1.807) is 7.11 Å². The van der Waals surface area contributed by atoms with Gasteiger partial charge in [0.15, 0.2) is 5.82 Å². The number of ether oxygens (including phenoxy) is 1. The van der Waals surface area contributed by atoms with Gasteiger partial charge in [0.05, 0.1) is 12.5 Å². The Morgan fingerprint density at radius 2 is 1.85 bits per heavy atom. The van der Waals surface area contributed by atoms with E-state index in [1.807, 2.05) is 24.3 Å². The van der Waals surface area contributed by atoms with Gasteiger partial charge in [-0.2, -0.15) is 4.98 Å². The SMILES string of the molecule is COc1ccc(C2(c3nc(CS(=O)(=O)N(C)C)no3)CC3(CCC3)C2)cc1. The van der Waals surface area contributed by atoms with Crippen LogP contribution in [0.5, 0.6) is 5.75 Å². The number of nitrogens with zero attached hydrogens (tertiary/aromatic N) is 3. The minimum absolute atomic E-state index is 0.209. The number of rotatable bonds is 6. The fourth-order valence-corrected chi connectivity index (χ4v) is 5.15. The quantitative estimate of drug-likeness (QED) is 0.753. The van der Waals surface area contributed by atoms with Crippen LogP contribution in [0.1, 0.15) is 49.4 Å². The van der Waals surface area contributed by atoms with Gasteiger partial charge in [-0.15, -0.1) is 0 Å². The predicted molar refractivity (Wildman–Crippen MR) is 99.9 cm³/mol. The highest BCUT2D eigenvalue weighted by molar-refractivity contribution is 7.88. The molecule has 0 atom stereocenters. The Balaban J connectivity index is 1.66. The van der Waals surface area contributed by atoms with Gasteiger partial charge in [-0.25, -0.2) is 12.7 Å². The highest BCUT2D eigenvalue weighted by Crippen LogP contribution is 2.66. The Bertz CT molecular complexity index is 922. The van der Waals surface area contributed by atoms with E-state index >= 15 is 0 Å². The van der Waals surface area contributed by atoms with Crippen molar-refractivity contribution in [2.45, 2.75) is 43.3 Å². The van der Waals surface area contributed by atoms with Crippen LogP contribution in [0.15, 0.2) is 28.8 Å². The second-order valence-corrected chi connectivity index (χ2v) is 10.3. The molecule has 7 nitrogen and oxygen atoms in total. The third-order valence-electron chi connectivity index (χ3n) is 6.16. The maximum atomic E-state index is 12.1. The van der Waals surface area contributed by atoms with Crippen LogP contribution in [0.4, 0.5) is 0 Å². The summed E-state index contributed by atoms with van der Waals surface area (Å²) in [5.74, 6) is 1.28. The molecule has 27 heavy (non-hydrogen) atoms. The zero-order valence-electron chi connectivity index (χ0n) is 15.9. The molecule has 1 heterocycles. The van der Waals surface area contributed by atoms with Crippen LogP contribution < -0.4 is 4.74 Å². The van der Waals surface area contributed by atoms with Gasteiger partial charge in [0.25, 0.3) is 0 Å². The Morgan fingerprint density at radius 1 is 1.19 bits per heavy atom. The Hall–Kier alpha value is -1.93. The molecular weight excluding hydrogens is 366 g/mol. The first-order valence-corrected chi connectivity index (χ1v) is 10.8. The van der Waals surface area contributed by atoms with E-state index in [9.17, 15) is 8.42 Å². The summed E-state index contributed by atoms with van der Waals surface area (Å²) in [6.45, 7) is 0. The summed E-state index contributed by atoms with van der Waals surface area (Å²) in [5.41, 5.74) is 1.16. The zero-order valence-corrected chi connectivity index (χ0v) is 16.8. The monoisotopic (exact) mass is 391 g/mol. The molecule has 2 aromatic rings. The lowest BCUT2D eigenvalue weighted by atomic mass is 9.43. The average Bonchev–Trinajstić information content (AvgIpc) is 3.01. The second kappa shape index (κ2) is 6.31. The van der Waals surface area contributed by atoms with Gasteiger partial charge in [0, 0.05) is 14.1 Å². The number of methoxy groups -OCH3 is 1. The molecular formula is C19H25N3O4S. The normalized spacial score (nSPS) is 20.3. The molecule has 0 aliphatic heterocycles. The van der Waals surface area contributed by atoms with Crippen LogP contribution in [0, 0.1) is 5.41 Å². The summed E-state index contributed by atoms with van der Waals surface area (Å²) in [5, 5.41) is 3.97. The molecule has 1 aromatic carbocycles. The first-order chi connectivity index (χ1) is 12.8. The summed E-state index contributed by atoms with van der Waals surface area (Å²) in [6.07, 6.45) is 5.68. The molecule has 0 amide bonds. The van der Waals surface area contributed by atoms with E-state index in [2.05, 4.69) is 10.1 Å². The van der Waals surface area contributed by atoms with Crippen LogP contribution in [0.2, 0.25) is 0 Å². The van der Waals surface area contributed by atoms with E-state index in [0.717, 1.165) is 24.2 Å². The van der Waals surface area contributed by atoms with E-state index in [0.29, 0.717) is 11.3 Å². The molecule has 0 N–H and O–H groups in total. The van der Waals surface area contributed by atoms with Crippen molar-refractivity contribution in [1.82, 2.24) is 14.4 Å². The maximum absolute atomic E-state index is 12.1. The highest BCUT2D eigenvalue weighted by atomic mass is 32.2. The molecule has 0 saturated heterocycles. The summed E-state index contributed by atoms with van der Waals surface area (Å²) < 4.78 is 36.3. The highest BCUT2D eigenvalue weighted by Gasteiger charge is 2.61. The van der Waals surface area contributed by atoms with Crippen molar-refractivity contribution >= 4 is 10.0 Å². The van der Waals surface area contributed by atoms with E-state index in [4.69, 9.17) is 9.26 Å². The second-order valence-electron chi connectivity index (χ2n) is 8.07. The molecule has 0 bridgehead atoms. The molecule has 0 radical (unpaired) electrons. The fourth-order valence-electron chi connectivity index (χ4n) is 4.45. The lowest BCUT2D eigenvalue weighted by Gasteiger charge is -2.59. The molecule has 4 rings (SSSR count). The van der Waals surface area contributed by atoms with Gasteiger partial charge in [-0.05, 0) is 48.8 Å². The van der Waals surface area contributed by atoms with Gasteiger partial charge in [0.1, 0.15) is 11.5 Å². The molecule has 0 unspecified atom stereocenters. The molecule has 2 aliphatic rings. The number of hydrogen-bond donors (Lipinski definition) is 0. The van der Waals surface area contributed by atoms with Gasteiger partial charge < -0.3 is 9.26 Å². The van der Waals surface area contributed by atoms with Crippen molar-refractivity contribution < 1.29 is 17.7 Å². The standard InChI is InChI=1S/C19H25N3O4S/c1-22(2)27(23,24)11-16-20-17(26-21-16)19(12-18(13-19)9-4-10-18)14-5-7-15(25-3)8-6-14/h5-8H,4,9-13H2,1-3H3. The first kappa shape index (κ1) is 18.4. The number of hydrogen-bond acceptors (Lipinski definition) is 6. The fraction of sp³-hybridized carbons (Fsp3) is 0.579. The van der Waals surface area contributed by atoms with Crippen molar-refractivity contribution in [3.63, 3.8) is 0 Å². The van der Waals surface area contributed by atoms with Crippen LogP contribution in [-0.2, 0) is 21.2 Å². The minimum Gasteiger partial charge on any atom is -0.497 e. The number of sulfonamides is 1. The van der Waals surface area contributed by atoms with E-state index < -0.39 is 10.0 Å². The summed E-state index contributed by atoms with van der Waals surface area (Å²) >= 11 is 0. The van der Waals surface area contributed by atoms with Gasteiger partial charge in [-0.1, -0.05) is 23.7 Å². The largest absolute Gasteiger partial charge is 0.497 e. The lowest BCUT2D eigenvalue weighted by molar-refractivity contribution is -0.0425. The Kier molecular flexibility index (Phi) is 4.31. The molecule has 2 saturated carbocycles. The number of benzene rings is 1. The van der Waals surface area contributed by atoms with Crippen molar-refractivity contribution in [2.75, 3.05) is 21.2 Å². The Labute approximate surface area is 159 Å². The van der Waals surface area contributed by atoms with E-state index in [-0.39, 0.29) is 17.0 Å². The van der Waals surface area contributed by atoms with Crippen molar-refractivity contribution in [3.8, 4) is 5.75 Å². The third kappa shape index (κ3) is 3.04. The van der Waals surface area contributed by atoms with Crippen LogP contribution in [0.25, 0.3) is 0 Å². The van der Waals surface area contributed by atoms with Crippen LogP contribution >= 0.6 is 0 Å². The lowest BCUT2D eigenvalue weighted by Crippen LogP contribution is -2.53. The number of aromatic nitrogens is 2. The third-order valence-corrected chi connectivity index (χ3v) is 7.89. The molecule has 8 heteroatoms. The minimum atomic E-state index is -3.43. The van der Waals surface area contributed by atoms with Gasteiger partial charge >= 0.3 is 0 Å². The zero-order chi connectivity index (χ0) is 19.3. The average molecular weight is 391 g/mol. The Morgan fingerprint density at radius 3 is 2.37 bits per heavy atom. The first-order valence-electron chi connectivity index (χ1n) is 9.17. The maximum Gasteiger partial charge on any atom is 0.237 e. The van der Waals surface area contributed by atoms with Crippen LogP contribution in [0.3, 0.4) is 0 Å². The summed E-state index contributed by atoms with van der Waals surface area (Å²) in [7, 11) is 1.22. The van der Waals surface area contributed by atoms with Crippen LogP contribution in [-0.4, -0.2) is 44.1 Å². The molecule has 2 aliphatic carbocycles. The van der Waals surface area contributed by atoms with E-state index in [1.165, 1.54) is 37.7 Å². The van der Waals surface area contributed by atoms with Crippen molar-refractivity contribution in [3.05, 3.63) is 41.5 Å². The summed E-state index contributed by atoms with van der Waals surface area (Å²) in [4.78, 5) is 4.50. The molecule has 1 spiro atoms. The summed E-state index contributed by atoms with van der Waals surface area (Å²) in [6, 6.07) is 7.98. The molecule has 146 valence electrons. The van der Waals surface area contributed by atoms with Crippen molar-refractivity contribution in [2.24, 2.45) is 5.41 Å². The predicted octanol–water partition coefficient (Wildman–Crippen LogP) is 2.72. The van der Waals surface area contributed by atoms with Gasteiger partial charge in [-0.3, -0.25) is 0 Å². The van der Waals surface area contributed by atoms with Gasteiger partial charge in [0.2, 0.25) is 15.9 Å². The smallest absolute Gasteiger partial charge is 0.237 e. The molecule has 2 fully saturated rings. The van der Waals surface area contributed by atoms with Crippen molar-refractivity contribution in [1.29, 1.82) is 0 Å².